The molecule has 2 aliphatic rings. The van der Waals surface area contributed by atoms with Crippen LogP contribution in [0.3, 0.4) is 0 Å². The molecule has 1 aromatic rings. The van der Waals surface area contributed by atoms with Crippen molar-refractivity contribution in [3.8, 4) is 5.75 Å². The fourth-order valence-electron chi connectivity index (χ4n) is 3.95. The summed E-state index contributed by atoms with van der Waals surface area (Å²) in [6, 6.07) is 8.77. The maximum atomic E-state index is 10.9. The molecule has 1 saturated heterocycles. The molecule has 1 aliphatic heterocycles. The summed E-state index contributed by atoms with van der Waals surface area (Å²) >= 11 is 0. The van der Waals surface area contributed by atoms with Gasteiger partial charge in [0.1, 0.15) is 11.8 Å². The maximum absolute atomic E-state index is 10.9. The summed E-state index contributed by atoms with van der Waals surface area (Å²) < 4.78 is 5.22. The quantitative estimate of drug-likeness (QED) is 0.851. The second-order valence-electron chi connectivity index (χ2n) is 6.03. The standard InChI is InChI=1S/C16H23NO2/c1-19-13-7-5-12(6-8-13)15-14-4-2-3-9-16(14,18)10-11-17-15/h5-8,14-15,17-18H,2-4,9-11H2,1H3/p+1. The Labute approximate surface area is 115 Å². The molecule has 3 rings (SSSR count). The first-order valence-electron chi connectivity index (χ1n) is 7.42. The lowest BCUT2D eigenvalue weighted by molar-refractivity contribution is -0.719. The number of methoxy groups -OCH3 is 1. The zero-order chi connectivity index (χ0) is 13.3. The Morgan fingerprint density at radius 1 is 1.21 bits per heavy atom. The molecule has 0 bridgehead atoms. The molecule has 1 aromatic carbocycles. The highest BCUT2D eigenvalue weighted by Gasteiger charge is 2.48. The molecule has 3 nitrogen and oxygen atoms in total. The Morgan fingerprint density at radius 3 is 2.74 bits per heavy atom. The van der Waals surface area contributed by atoms with Gasteiger partial charge in [-0.25, -0.2) is 0 Å². The molecule has 1 saturated carbocycles. The number of hydrogen-bond acceptors (Lipinski definition) is 2. The molecule has 0 spiro atoms. The van der Waals surface area contributed by atoms with Gasteiger partial charge in [-0.3, -0.25) is 0 Å². The second-order valence-corrected chi connectivity index (χ2v) is 6.03. The van der Waals surface area contributed by atoms with E-state index in [0.717, 1.165) is 31.6 Å². The number of rotatable bonds is 2. The SMILES string of the molecule is COc1ccc(C2[NH2+]CCC3(O)CCCCC23)cc1. The van der Waals surface area contributed by atoms with Gasteiger partial charge >= 0.3 is 0 Å². The van der Waals surface area contributed by atoms with E-state index in [2.05, 4.69) is 17.4 Å². The van der Waals surface area contributed by atoms with E-state index >= 15 is 0 Å². The predicted octanol–water partition coefficient (Wildman–Crippen LogP) is 1.62. The van der Waals surface area contributed by atoms with Crippen molar-refractivity contribution < 1.29 is 15.2 Å². The highest BCUT2D eigenvalue weighted by molar-refractivity contribution is 5.29. The van der Waals surface area contributed by atoms with Crippen molar-refractivity contribution in [2.24, 2.45) is 5.92 Å². The minimum Gasteiger partial charge on any atom is -0.497 e. The molecule has 19 heavy (non-hydrogen) atoms. The van der Waals surface area contributed by atoms with Crippen LogP contribution in [-0.2, 0) is 0 Å². The minimum absolute atomic E-state index is 0.406. The zero-order valence-electron chi connectivity index (χ0n) is 11.6. The summed E-state index contributed by atoms with van der Waals surface area (Å²) in [6.07, 6.45) is 5.53. The number of quaternary nitrogens is 1. The molecule has 0 amide bonds. The molecule has 3 heteroatoms. The fraction of sp³-hybridized carbons (Fsp3) is 0.625. The number of benzene rings is 1. The van der Waals surface area contributed by atoms with Crippen molar-refractivity contribution in [1.82, 2.24) is 0 Å². The van der Waals surface area contributed by atoms with Crippen molar-refractivity contribution in [1.29, 1.82) is 0 Å². The average Bonchev–Trinajstić information content (AvgIpc) is 2.46. The Balaban J connectivity index is 1.85. The van der Waals surface area contributed by atoms with Crippen LogP contribution in [0.2, 0.25) is 0 Å². The molecule has 1 aliphatic carbocycles. The van der Waals surface area contributed by atoms with Gasteiger partial charge in [-0.05, 0) is 37.1 Å². The lowest BCUT2D eigenvalue weighted by Crippen LogP contribution is -2.91. The van der Waals surface area contributed by atoms with Gasteiger partial charge in [-0.15, -0.1) is 0 Å². The van der Waals surface area contributed by atoms with Crippen molar-refractivity contribution in [3.05, 3.63) is 29.8 Å². The third kappa shape index (κ3) is 2.37. The number of aliphatic hydroxyl groups is 1. The molecule has 3 atom stereocenters. The summed E-state index contributed by atoms with van der Waals surface area (Å²) in [5, 5.41) is 13.3. The van der Waals surface area contributed by atoms with Crippen LogP contribution in [0, 0.1) is 5.92 Å². The molecule has 0 aromatic heterocycles. The summed E-state index contributed by atoms with van der Waals surface area (Å²) in [7, 11) is 1.70. The van der Waals surface area contributed by atoms with E-state index in [-0.39, 0.29) is 0 Å². The summed E-state index contributed by atoms with van der Waals surface area (Å²) in [5.74, 6) is 1.31. The van der Waals surface area contributed by atoms with E-state index in [1.54, 1.807) is 7.11 Å². The normalized spacial score (nSPS) is 34.6. The number of fused-ring (bicyclic) bond motifs is 1. The highest BCUT2D eigenvalue weighted by atomic mass is 16.5. The van der Waals surface area contributed by atoms with E-state index in [0.29, 0.717) is 12.0 Å². The van der Waals surface area contributed by atoms with E-state index in [1.807, 2.05) is 12.1 Å². The zero-order valence-corrected chi connectivity index (χ0v) is 11.6. The van der Waals surface area contributed by atoms with Crippen LogP contribution in [0.1, 0.15) is 43.7 Å². The Morgan fingerprint density at radius 2 is 2.00 bits per heavy atom. The molecular weight excluding hydrogens is 238 g/mol. The number of piperidine rings is 1. The van der Waals surface area contributed by atoms with Crippen molar-refractivity contribution in [2.75, 3.05) is 13.7 Å². The van der Waals surface area contributed by atoms with Gasteiger partial charge in [-0.2, -0.15) is 0 Å². The molecule has 1 heterocycles. The smallest absolute Gasteiger partial charge is 0.118 e. The first-order chi connectivity index (χ1) is 9.23. The summed E-state index contributed by atoms with van der Waals surface area (Å²) in [4.78, 5) is 0. The number of ether oxygens (including phenoxy) is 1. The van der Waals surface area contributed by atoms with Gasteiger partial charge in [-0.1, -0.05) is 12.8 Å². The predicted molar refractivity (Wildman–Crippen MR) is 74.1 cm³/mol. The number of nitrogens with two attached hydrogens (primary N) is 1. The summed E-state index contributed by atoms with van der Waals surface area (Å²) in [5.41, 5.74) is 0.906. The van der Waals surface area contributed by atoms with Crippen LogP contribution in [0.5, 0.6) is 5.75 Å². The van der Waals surface area contributed by atoms with Crippen molar-refractivity contribution in [2.45, 2.75) is 43.7 Å². The molecule has 0 radical (unpaired) electrons. The monoisotopic (exact) mass is 262 g/mol. The first-order valence-corrected chi connectivity index (χ1v) is 7.42. The molecule has 3 unspecified atom stereocenters. The molecule has 3 N–H and O–H groups in total. The minimum atomic E-state index is -0.419. The summed E-state index contributed by atoms with van der Waals surface area (Å²) in [6.45, 7) is 1.03. The fourth-order valence-corrected chi connectivity index (χ4v) is 3.95. The third-order valence-corrected chi connectivity index (χ3v) is 5.00. The second kappa shape index (κ2) is 5.14. The molecule has 2 fully saturated rings. The van der Waals surface area contributed by atoms with Gasteiger partial charge < -0.3 is 15.2 Å². The Kier molecular flexibility index (Phi) is 3.50. The van der Waals surface area contributed by atoms with Gasteiger partial charge in [0.25, 0.3) is 0 Å². The van der Waals surface area contributed by atoms with Crippen LogP contribution >= 0.6 is 0 Å². The van der Waals surface area contributed by atoms with Gasteiger partial charge in [0, 0.05) is 17.9 Å². The molecular formula is C16H24NO2+. The topological polar surface area (TPSA) is 46.1 Å². The van der Waals surface area contributed by atoms with Crippen LogP contribution in [0.25, 0.3) is 0 Å². The van der Waals surface area contributed by atoms with E-state index in [4.69, 9.17) is 4.74 Å². The number of hydrogen-bond donors (Lipinski definition) is 2. The van der Waals surface area contributed by atoms with E-state index < -0.39 is 5.60 Å². The highest BCUT2D eigenvalue weighted by Crippen LogP contribution is 2.43. The van der Waals surface area contributed by atoms with E-state index in [1.165, 1.54) is 18.4 Å². The third-order valence-electron chi connectivity index (χ3n) is 5.00. The lowest BCUT2D eigenvalue weighted by Gasteiger charge is -2.46. The van der Waals surface area contributed by atoms with Crippen molar-refractivity contribution in [3.63, 3.8) is 0 Å². The van der Waals surface area contributed by atoms with Gasteiger partial charge in [0.2, 0.25) is 0 Å². The lowest BCUT2D eigenvalue weighted by atomic mass is 9.67. The molecule has 104 valence electrons. The van der Waals surface area contributed by atoms with Crippen LogP contribution < -0.4 is 10.1 Å². The maximum Gasteiger partial charge on any atom is 0.118 e. The average molecular weight is 262 g/mol. The largest absolute Gasteiger partial charge is 0.497 e. The van der Waals surface area contributed by atoms with Crippen LogP contribution in [0.15, 0.2) is 24.3 Å². The van der Waals surface area contributed by atoms with Crippen molar-refractivity contribution >= 4 is 0 Å². The van der Waals surface area contributed by atoms with Gasteiger partial charge in [0.05, 0.1) is 19.3 Å². The van der Waals surface area contributed by atoms with Crippen LogP contribution in [-0.4, -0.2) is 24.4 Å². The Hall–Kier alpha value is -1.06. The van der Waals surface area contributed by atoms with E-state index in [9.17, 15) is 5.11 Å². The Bertz CT molecular complexity index is 427. The van der Waals surface area contributed by atoms with Crippen LogP contribution in [0.4, 0.5) is 0 Å². The first kappa shape index (κ1) is 12.9. The van der Waals surface area contributed by atoms with Gasteiger partial charge in [0.15, 0.2) is 0 Å².